The van der Waals surface area contributed by atoms with Gasteiger partial charge in [0.15, 0.2) is 0 Å². The quantitative estimate of drug-likeness (QED) is 0.152. The van der Waals surface area contributed by atoms with Crippen LogP contribution in [0, 0.1) is 0 Å². The van der Waals surface area contributed by atoms with Crippen LogP contribution in [0.1, 0.15) is 13.8 Å². The van der Waals surface area contributed by atoms with Crippen molar-refractivity contribution in [2.75, 3.05) is 9.80 Å². The van der Waals surface area contributed by atoms with Gasteiger partial charge in [0.05, 0.1) is 11.4 Å². The number of hydrogen-bond acceptors (Lipinski definition) is 4. The Labute approximate surface area is 338 Å². The molecule has 11 aromatic rings. The summed E-state index contributed by atoms with van der Waals surface area (Å²) in [6, 6.07) is 66.0. The van der Waals surface area contributed by atoms with E-state index in [9.17, 15) is 0 Å². The van der Waals surface area contributed by atoms with E-state index < -0.39 is 0 Å². The fourth-order valence-electron chi connectivity index (χ4n) is 8.66. The molecule has 2 aromatic heterocycles. The fourth-order valence-corrected chi connectivity index (χ4v) is 8.66. The lowest BCUT2D eigenvalue weighted by atomic mass is 9.87. The molecule has 0 aliphatic heterocycles. The minimum Gasteiger partial charge on any atom is -0.310 e. The number of rotatable bonds is 7. The second-order valence-electron chi connectivity index (χ2n) is 14.2. The van der Waals surface area contributed by atoms with Gasteiger partial charge in [-0.05, 0) is 115 Å². The summed E-state index contributed by atoms with van der Waals surface area (Å²) in [7, 11) is 0. The number of aromatic nitrogens is 2. The normalized spacial score (nSPS) is 11.3. The Morgan fingerprint density at radius 1 is 0.310 bits per heavy atom. The van der Waals surface area contributed by atoms with Crippen molar-refractivity contribution in [3.8, 4) is 11.1 Å². The number of nitrogens with zero attached hydrogens (tertiary/aromatic N) is 4. The summed E-state index contributed by atoms with van der Waals surface area (Å²) in [5.74, 6) is 0. The Morgan fingerprint density at radius 3 is 1.50 bits per heavy atom. The Balaban J connectivity index is 0.00000201. The molecule has 276 valence electrons. The molecular weight excluding hydrogens is 705 g/mol. The zero-order valence-corrected chi connectivity index (χ0v) is 32.4. The lowest BCUT2D eigenvalue weighted by molar-refractivity contribution is 1.23. The van der Waals surface area contributed by atoms with Gasteiger partial charge in [-0.1, -0.05) is 135 Å². The van der Waals surface area contributed by atoms with Crippen molar-refractivity contribution in [3.63, 3.8) is 0 Å². The third-order valence-corrected chi connectivity index (χ3v) is 11.2. The van der Waals surface area contributed by atoms with E-state index in [1.807, 2.05) is 38.6 Å². The number of para-hydroxylation sites is 1. The highest BCUT2D eigenvalue weighted by atomic mass is 15.2. The zero-order valence-electron chi connectivity index (χ0n) is 32.4. The van der Waals surface area contributed by atoms with Gasteiger partial charge in [0.1, 0.15) is 0 Å². The summed E-state index contributed by atoms with van der Waals surface area (Å²) >= 11 is 0. The van der Waals surface area contributed by atoms with Crippen molar-refractivity contribution in [1.82, 2.24) is 9.97 Å². The first-order chi connectivity index (χ1) is 28.8. The maximum Gasteiger partial charge on any atom is 0.0540 e. The Kier molecular flexibility index (Phi) is 8.92. The highest BCUT2D eigenvalue weighted by Crippen LogP contribution is 2.48. The summed E-state index contributed by atoms with van der Waals surface area (Å²) in [6.07, 6.45) is 7.38. The summed E-state index contributed by atoms with van der Waals surface area (Å²) in [4.78, 5) is 13.3. The van der Waals surface area contributed by atoms with Crippen molar-refractivity contribution in [1.29, 1.82) is 0 Å². The standard InChI is InChI=1S/C52H34N4.C2H6/c1-2-10-39(11-3-1)56(42-19-14-35-8-4-5-9-38(35)34-42)50-24-18-37-16-21-47-45(20-15-36-17-22-48(50)52(37)51(36)47)44-23-25-49(46-13-7-6-12-43(44)46)55(40-26-30-53-31-27-40)41-28-32-54-33-29-41;1-2/h1-34H;1-2H3. The van der Waals surface area contributed by atoms with Crippen molar-refractivity contribution < 1.29 is 0 Å². The summed E-state index contributed by atoms with van der Waals surface area (Å²) in [6.45, 7) is 4.00. The van der Waals surface area contributed by atoms with Crippen LogP contribution >= 0.6 is 0 Å². The van der Waals surface area contributed by atoms with Crippen LogP contribution in [-0.2, 0) is 0 Å². The van der Waals surface area contributed by atoms with Gasteiger partial charge >= 0.3 is 0 Å². The number of anilines is 6. The molecule has 0 N–H and O–H groups in total. The van der Waals surface area contributed by atoms with Crippen molar-refractivity contribution in [2.45, 2.75) is 13.8 Å². The van der Waals surface area contributed by atoms with Crippen LogP contribution in [0.15, 0.2) is 207 Å². The van der Waals surface area contributed by atoms with Gasteiger partial charge in [0.25, 0.3) is 0 Å². The minimum atomic E-state index is 1.04. The molecular formula is C54H40N4. The van der Waals surface area contributed by atoms with Crippen molar-refractivity contribution in [3.05, 3.63) is 207 Å². The highest BCUT2D eigenvalue weighted by molar-refractivity contribution is 6.28. The lowest BCUT2D eigenvalue weighted by Crippen LogP contribution is -2.10. The molecule has 0 radical (unpaired) electrons. The topological polar surface area (TPSA) is 32.3 Å². The van der Waals surface area contributed by atoms with Crippen molar-refractivity contribution >= 4 is 88.0 Å². The van der Waals surface area contributed by atoms with E-state index in [0.29, 0.717) is 0 Å². The van der Waals surface area contributed by atoms with Gasteiger partial charge in [0, 0.05) is 58.3 Å². The van der Waals surface area contributed by atoms with E-state index in [-0.39, 0.29) is 0 Å². The van der Waals surface area contributed by atoms with E-state index in [0.717, 1.165) is 34.1 Å². The summed E-state index contributed by atoms with van der Waals surface area (Å²) < 4.78 is 0. The molecule has 4 nitrogen and oxygen atoms in total. The third-order valence-electron chi connectivity index (χ3n) is 11.2. The molecule has 9 aromatic carbocycles. The molecule has 0 saturated carbocycles. The molecule has 0 atom stereocenters. The molecule has 0 bridgehead atoms. The van der Waals surface area contributed by atoms with E-state index >= 15 is 0 Å². The zero-order chi connectivity index (χ0) is 39.0. The lowest BCUT2D eigenvalue weighted by Gasteiger charge is -2.28. The maximum absolute atomic E-state index is 4.31. The predicted molar refractivity (Wildman–Crippen MR) is 247 cm³/mol. The van der Waals surface area contributed by atoms with Crippen LogP contribution in [0.2, 0.25) is 0 Å². The molecule has 2 heterocycles. The average molecular weight is 745 g/mol. The smallest absolute Gasteiger partial charge is 0.0540 e. The van der Waals surface area contributed by atoms with Gasteiger partial charge < -0.3 is 9.80 Å². The molecule has 11 rings (SSSR count). The summed E-state index contributed by atoms with van der Waals surface area (Å²) in [5, 5.41) is 12.3. The third kappa shape index (κ3) is 5.86. The summed E-state index contributed by atoms with van der Waals surface area (Å²) in [5.41, 5.74) is 9.00. The molecule has 0 unspecified atom stereocenters. The first kappa shape index (κ1) is 34.9. The van der Waals surface area contributed by atoms with Crippen LogP contribution in [0.25, 0.3) is 65.0 Å². The van der Waals surface area contributed by atoms with Gasteiger partial charge in [-0.25, -0.2) is 0 Å². The van der Waals surface area contributed by atoms with Crippen LogP contribution in [0.3, 0.4) is 0 Å². The number of pyridine rings is 2. The van der Waals surface area contributed by atoms with Crippen molar-refractivity contribution in [2.24, 2.45) is 0 Å². The maximum atomic E-state index is 4.31. The SMILES string of the molecule is CC.c1ccc(N(c2ccc3ccccc3c2)c2ccc3ccc4c(-c5ccc(N(c6ccncc6)c6ccncc6)c6ccccc56)ccc5ccc2c3c54)cc1. The van der Waals surface area contributed by atoms with Gasteiger partial charge in [-0.15, -0.1) is 0 Å². The van der Waals surface area contributed by atoms with Gasteiger partial charge in [0.2, 0.25) is 0 Å². The van der Waals surface area contributed by atoms with E-state index in [4.69, 9.17) is 0 Å². The number of hydrogen-bond donors (Lipinski definition) is 0. The van der Waals surface area contributed by atoms with Crippen LogP contribution < -0.4 is 9.80 Å². The van der Waals surface area contributed by atoms with E-state index in [1.54, 1.807) is 0 Å². The Hall–Kier alpha value is -7.56. The highest BCUT2D eigenvalue weighted by Gasteiger charge is 2.22. The van der Waals surface area contributed by atoms with E-state index in [1.165, 1.54) is 65.0 Å². The molecule has 0 amide bonds. The van der Waals surface area contributed by atoms with Crippen LogP contribution in [0.4, 0.5) is 34.1 Å². The fraction of sp³-hybridized carbons (Fsp3) is 0.0370. The molecule has 0 spiro atoms. The molecule has 58 heavy (non-hydrogen) atoms. The molecule has 0 saturated heterocycles. The van der Waals surface area contributed by atoms with E-state index in [2.05, 4.69) is 202 Å². The average Bonchev–Trinajstić information content (AvgIpc) is 3.30. The molecule has 0 aliphatic carbocycles. The first-order valence-corrected chi connectivity index (χ1v) is 20.0. The first-order valence-electron chi connectivity index (χ1n) is 20.0. The minimum absolute atomic E-state index is 1.04. The van der Waals surface area contributed by atoms with Gasteiger partial charge in [-0.2, -0.15) is 0 Å². The second-order valence-corrected chi connectivity index (χ2v) is 14.2. The predicted octanol–water partition coefficient (Wildman–Crippen LogP) is 15.3. The molecule has 4 heteroatoms. The monoisotopic (exact) mass is 744 g/mol. The Morgan fingerprint density at radius 2 is 0.776 bits per heavy atom. The second kappa shape index (κ2) is 14.8. The Bertz CT molecular complexity index is 3160. The number of benzene rings is 9. The van der Waals surface area contributed by atoms with Crippen LogP contribution in [-0.4, -0.2) is 9.97 Å². The van der Waals surface area contributed by atoms with Crippen LogP contribution in [0.5, 0.6) is 0 Å². The number of fused-ring (bicyclic) bond motifs is 2. The largest absolute Gasteiger partial charge is 0.310 e. The molecule has 0 fully saturated rings. The van der Waals surface area contributed by atoms with Gasteiger partial charge in [-0.3, -0.25) is 9.97 Å². The molecule has 0 aliphatic rings.